The largest absolute Gasteiger partial charge is 0.323 e. The van der Waals surface area contributed by atoms with Crippen molar-refractivity contribution in [3.63, 3.8) is 0 Å². The van der Waals surface area contributed by atoms with Gasteiger partial charge >= 0.3 is 0 Å². The molecule has 0 bridgehead atoms. The number of rotatable bonds is 4. The van der Waals surface area contributed by atoms with Gasteiger partial charge in [-0.2, -0.15) is 0 Å². The molecule has 0 aliphatic rings. The van der Waals surface area contributed by atoms with Crippen molar-refractivity contribution in [1.82, 2.24) is 0 Å². The first-order valence-corrected chi connectivity index (χ1v) is 9.57. The number of carbonyl (C=O) groups excluding carboxylic acids is 1. The van der Waals surface area contributed by atoms with Gasteiger partial charge in [-0.3, -0.25) is 4.79 Å². The minimum Gasteiger partial charge on any atom is -0.323 e. The van der Waals surface area contributed by atoms with E-state index in [2.05, 4.69) is 37.2 Å². The van der Waals surface area contributed by atoms with Crippen LogP contribution >= 0.6 is 31.9 Å². The summed E-state index contributed by atoms with van der Waals surface area (Å²) in [5, 5.41) is 2.62. The van der Waals surface area contributed by atoms with E-state index in [0.29, 0.717) is 14.6 Å². The number of benzene rings is 2. The fourth-order valence-corrected chi connectivity index (χ4v) is 4.65. The van der Waals surface area contributed by atoms with E-state index in [1.54, 1.807) is 18.2 Å². The Balaban J connectivity index is 2.18. The third-order valence-corrected chi connectivity index (χ3v) is 5.76. The van der Waals surface area contributed by atoms with Crippen LogP contribution < -0.4 is 5.32 Å². The molecular formula is C15H13Br2NO3S. The van der Waals surface area contributed by atoms with E-state index < -0.39 is 21.5 Å². The van der Waals surface area contributed by atoms with E-state index in [4.69, 9.17) is 0 Å². The highest BCUT2D eigenvalue weighted by molar-refractivity contribution is 9.11. The average Bonchev–Trinajstić information content (AvgIpc) is 2.43. The maximum atomic E-state index is 12.2. The lowest BCUT2D eigenvalue weighted by atomic mass is 10.2. The van der Waals surface area contributed by atoms with Crippen molar-refractivity contribution in [3.8, 4) is 0 Å². The van der Waals surface area contributed by atoms with Crippen LogP contribution in [0.25, 0.3) is 0 Å². The molecule has 0 unspecified atom stereocenters. The van der Waals surface area contributed by atoms with Gasteiger partial charge in [-0.1, -0.05) is 18.2 Å². The molecule has 0 saturated heterocycles. The van der Waals surface area contributed by atoms with E-state index in [0.717, 1.165) is 5.56 Å². The molecule has 0 aliphatic carbocycles. The molecule has 2 rings (SSSR count). The van der Waals surface area contributed by atoms with E-state index in [9.17, 15) is 13.2 Å². The van der Waals surface area contributed by atoms with E-state index in [1.807, 2.05) is 19.1 Å². The van der Waals surface area contributed by atoms with Gasteiger partial charge in [0.1, 0.15) is 5.75 Å². The first kappa shape index (κ1) is 17.2. The Morgan fingerprint density at radius 3 is 2.18 bits per heavy atom. The SMILES string of the molecule is Cc1cc(Br)c(NC(=O)CS(=O)(=O)c2ccccc2)c(Br)c1. The first-order valence-electron chi connectivity index (χ1n) is 6.33. The number of amides is 1. The molecule has 7 heteroatoms. The minimum atomic E-state index is -3.66. The molecule has 22 heavy (non-hydrogen) atoms. The van der Waals surface area contributed by atoms with E-state index in [-0.39, 0.29) is 4.90 Å². The fourth-order valence-electron chi connectivity index (χ4n) is 1.88. The monoisotopic (exact) mass is 445 g/mol. The number of halogens is 2. The van der Waals surface area contributed by atoms with Crippen LogP contribution in [0.1, 0.15) is 5.56 Å². The molecule has 2 aromatic carbocycles. The van der Waals surface area contributed by atoms with Gasteiger partial charge in [-0.05, 0) is 68.6 Å². The normalized spacial score (nSPS) is 11.2. The second-order valence-corrected chi connectivity index (χ2v) is 8.42. The quantitative estimate of drug-likeness (QED) is 0.773. The highest BCUT2D eigenvalue weighted by Gasteiger charge is 2.20. The van der Waals surface area contributed by atoms with Crippen molar-refractivity contribution in [3.05, 3.63) is 57.0 Å². The van der Waals surface area contributed by atoms with Crippen molar-refractivity contribution in [2.24, 2.45) is 0 Å². The molecule has 4 nitrogen and oxygen atoms in total. The van der Waals surface area contributed by atoms with Gasteiger partial charge in [-0.25, -0.2) is 8.42 Å². The lowest BCUT2D eigenvalue weighted by molar-refractivity contribution is -0.113. The number of aryl methyl sites for hydroxylation is 1. The number of nitrogens with one attached hydrogen (secondary N) is 1. The van der Waals surface area contributed by atoms with Gasteiger partial charge in [0, 0.05) is 8.95 Å². The van der Waals surface area contributed by atoms with Gasteiger partial charge in [0.25, 0.3) is 0 Å². The smallest absolute Gasteiger partial charge is 0.240 e. The maximum absolute atomic E-state index is 12.2. The summed E-state index contributed by atoms with van der Waals surface area (Å²) in [7, 11) is -3.66. The molecule has 0 aliphatic heterocycles. The second kappa shape index (κ2) is 6.93. The highest BCUT2D eigenvalue weighted by Crippen LogP contribution is 2.32. The topological polar surface area (TPSA) is 63.2 Å². The van der Waals surface area contributed by atoms with E-state index in [1.165, 1.54) is 12.1 Å². The summed E-state index contributed by atoms with van der Waals surface area (Å²) in [6.45, 7) is 1.92. The number of carbonyl (C=O) groups is 1. The summed E-state index contributed by atoms with van der Waals surface area (Å²) in [6.07, 6.45) is 0. The molecule has 0 atom stereocenters. The zero-order chi connectivity index (χ0) is 16.3. The Morgan fingerprint density at radius 1 is 1.09 bits per heavy atom. The fraction of sp³-hybridized carbons (Fsp3) is 0.133. The Labute approximate surface area is 146 Å². The lowest BCUT2D eigenvalue weighted by Gasteiger charge is -2.11. The van der Waals surface area contributed by atoms with Crippen molar-refractivity contribution in [2.75, 3.05) is 11.1 Å². The first-order chi connectivity index (χ1) is 10.3. The van der Waals surface area contributed by atoms with Crippen LogP contribution in [-0.4, -0.2) is 20.1 Å². The second-order valence-electron chi connectivity index (χ2n) is 4.72. The van der Waals surface area contributed by atoms with Gasteiger partial charge < -0.3 is 5.32 Å². The van der Waals surface area contributed by atoms with Crippen LogP contribution in [0.15, 0.2) is 56.3 Å². The Morgan fingerprint density at radius 2 is 1.64 bits per heavy atom. The molecule has 0 aromatic heterocycles. The summed E-state index contributed by atoms with van der Waals surface area (Å²) in [4.78, 5) is 12.2. The molecule has 116 valence electrons. The van der Waals surface area contributed by atoms with Crippen LogP contribution in [0.3, 0.4) is 0 Å². The van der Waals surface area contributed by atoms with E-state index >= 15 is 0 Å². The summed E-state index contributed by atoms with van der Waals surface area (Å²) in [5.74, 6) is -1.20. The highest BCUT2D eigenvalue weighted by atomic mass is 79.9. The van der Waals surface area contributed by atoms with Crippen molar-refractivity contribution in [2.45, 2.75) is 11.8 Å². The van der Waals surface area contributed by atoms with Crippen LogP contribution in [-0.2, 0) is 14.6 Å². The summed E-state index contributed by atoms with van der Waals surface area (Å²) in [6, 6.07) is 11.6. The van der Waals surface area contributed by atoms with Crippen molar-refractivity contribution >= 4 is 53.3 Å². The zero-order valence-corrected chi connectivity index (χ0v) is 15.6. The van der Waals surface area contributed by atoms with Crippen molar-refractivity contribution in [1.29, 1.82) is 0 Å². The van der Waals surface area contributed by atoms with Gasteiger partial charge in [0.2, 0.25) is 5.91 Å². The zero-order valence-electron chi connectivity index (χ0n) is 11.6. The lowest BCUT2D eigenvalue weighted by Crippen LogP contribution is -2.23. The number of sulfone groups is 1. The Bertz CT molecular complexity index is 782. The third-order valence-electron chi connectivity index (χ3n) is 2.87. The summed E-state index contributed by atoms with van der Waals surface area (Å²) in [5.41, 5.74) is 1.52. The molecule has 0 saturated carbocycles. The van der Waals surface area contributed by atoms with Gasteiger partial charge in [-0.15, -0.1) is 0 Å². The van der Waals surface area contributed by atoms with Gasteiger partial charge in [0.05, 0.1) is 10.6 Å². The molecule has 2 aromatic rings. The average molecular weight is 447 g/mol. The predicted molar refractivity (Wildman–Crippen MR) is 93.7 cm³/mol. The van der Waals surface area contributed by atoms with Crippen LogP contribution in [0.5, 0.6) is 0 Å². The molecule has 0 radical (unpaired) electrons. The number of anilines is 1. The number of hydrogen-bond donors (Lipinski definition) is 1. The molecule has 0 fully saturated rings. The predicted octanol–water partition coefficient (Wildman–Crippen LogP) is 3.93. The van der Waals surface area contributed by atoms with Gasteiger partial charge in [0.15, 0.2) is 9.84 Å². The summed E-state index contributed by atoms with van der Waals surface area (Å²) < 4.78 is 25.7. The molecule has 1 N–H and O–H groups in total. The van der Waals surface area contributed by atoms with Crippen LogP contribution in [0.4, 0.5) is 5.69 Å². The Hall–Kier alpha value is -1.18. The minimum absolute atomic E-state index is 0.132. The van der Waals surface area contributed by atoms with Crippen LogP contribution in [0.2, 0.25) is 0 Å². The van der Waals surface area contributed by atoms with Crippen LogP contribution in [0, 0.1) is 6.92 Å². The molecule has 1 amide bonds. The summed E-state index contributed by atoms with van der Waals surface area (Å²) >= 11 is 6.71. The molecular weight excluding hydrogens is 434 g/mol. The molecule has 0 spiro atoms. The Kier molecular flexibility index (Phi) is 5.41. The molecule has 0 heterocycles. The number of hydrogen-bond acceptors (Lipinski definition) is 3. The standard InChI is InChI=1S/C15H13Br2NO3S/c1-10-7-12(16)15(13(17)8-10)18-14(19)9-22(20,21)11-5-3-2-4-6-11/h2-8H,9H2,1H3,(H,18,19). The van der Waals surface area contributed by atoms with Crippen molar-refractivity contribution < 1.29 is 13.2 Å². The third kappa shape index (κ3) is 4.18. The maximum Gasteiger partial charge on any atom is 0.240 e.